The minimum absolute atomic E-state index is 0.224. The molecule has 0 aliphatic heterocycles. The van der Waals surface area contributed by atoms with Crippen molar-refractivity contribution >= 4 is 28.4 Å². The number of hydrogen-bond donors (Lipinski definition) is 1. The Balaban J connectivity index is 1.97. The van der Waals surface area contributed by atoms with Crippen LogP contribution in [0.15, 0.2) is 53.6 Å². The van der Waals surface area contributed by atoms with Crippen LogP contribution in [-0.2, 0) is 4.74 Å². The first-order valence-electron chi connectivity index (χ1n) is 7.64. The van der Waals surface area contributed by atoms with Gasteiger partial charge in [-0.2, -0.15) is 0 Å². The van der Waals surface area contributed by atoms with Gasteiger partial charge in [0.2, 0.25) is 0 Å². The largest absolute Gasteiger partial charge is 0.383 e. The van der Waals surface area contributed by atoms with Crippen molar-refractivity contribution in [2.24, 2.45) is 0 Å². The third-order valence-electron chi connectivity index (χ3n) is 3.70. The molecule has 1 heterocycles. The van der Waals surface area contributed by atoms with Gasteiger partial charge in [0, 0.05) is 24.2 Å². The fraction of sp³-hybridized carbons (Fsp3) is 0.167. The first-order valence-corrected chi connectivity index (χ1v) is 8.02. The molecule has 0 radical (unpaired) electrons. The normalized spacial score (nSPS) is 10.8. The summed E-state index contributed by atoms with van der Waals surface area (Å²) < 4.78 is 6.32. The van der Waals surface area contributed by atoms with Crippen molar-refractivity contribution in [1.29, 1.82) is 0 Å². The van der Waals surface area contributed by atoms with Gasteiger partial charge in [-0.1, -0.05) is 17.7 Å². The SMILES string of the molecule is COCCNC(=O)c1ccc2c(=O)n(-c3cccc(Cl)c3)cnc2c1. The summed E-state index contributed by atoms with van der Waals surface area (Å²) in [5, 5.41) is 3.69. The fourth-order valence-corrected chi connectivity index (χ4v) is 2.63. The number of amides is 1. The van der Waals surface area contributed by atoms with Gasteiger partial charge >= 0.3 is 0 Å². The second kappa shape index (κ2) is 7.46. The first-order chi connectivity index (χ1) is 12.1. The highest BCUT2D eigenvalue weighted by atomic mass is 35.5. The van der Waals surface area contributed by atoms with Crippen LogP contribution in [0, 0.1) is 0 Å². The molecule has 25 heavy (non-hydrogen) atoms. The molecule has 0 aliphatic carbocycles. The maximum atomic E-state index is 12.7. The number of hydrogen-bond acceptors (Lipinski definition) is 4. The summed E-state index contributed by atoms with van der Waals surface area (Å²) in [5.74, 6) is -0.236. The van der Waals surface area contributed by atoms with Gasteiger partial charge in [-0.25, -0.2) is 4.98 Å². The summed E-state index contributed by atoms with van der Waals surface area (Å²) in [6.07, 6.45) is 1.43. The van der Waals surface area contributed by atoms with E-state index in [1.54, 1.807) is 49.6 Å². The van der Waals surface area contributed by atoms with E-state index < -0.39 is 0 Å². The number of nitrogens with one attached hydrogen (secondary N) is 1. The van der Waals surface area contributed by atoms with Gasteiger partial charge in [0.25, 0.3) is 11.5 Å². The highest BCUT2D eigenvalue weighted by Crippen LogP contribution is 2.15. The second-order valence-corrected chi connectivity index (χ2v) is 5.82. The van der Waals surface area contributed by atoms with Crippen LogP contribution in [0.25, 0.3) is 16.6 Å². The van der Waals surface area contributed by atoms with Gasteiger partial charge in [0.15, 0.2) is 0 Å². The Morgan fingerprint density at radius 2 is 2.12 bits per heavy atom. The van der Waals surface area contributed by atoms with Crippen molar-refractivity contribution in [2.75, 3.05) is 20.3 Å². The van der Waals surface area contributed by atoms with E-state index in [9.17, 15) is 9.59 Å². The van der Waals surface area contributed by atoms with Crippen molar-refractivity contribution in [1.82, 2.24) is 14.9 Å². The Hall–Kier alpha value is -2.70. The zero-order chi connectivity index (χ0) is 17.8. The zero-order valence-electron chi connectivity index (χ0n) is 13.5. The minimum atomic E-state index is -0.236. The quantitative estimate of drug-likeness (QED) is 0.712. The number of halogens is 1. The number of rotatable bonds is 5. The molecule has 3 aromatic rings. The lowest BCUT2D eigenvalue weighted by Crippen LogP contribution is -2.27. The Bertz CT molecular complexity index is 985. The van der Waals surface area contributed by atoms with Gasteiger partial charge in [0.1, 0.15) is 6.33 Å². The summed E-state index contributed by atoms with van der Waals surface area (Å²) in [7, 11) is 1.57. The zero-order valence-corrected chi connectivity index (χ0v) is 14.3. The van der Waals surface area contributed by atoms with Crippen LogP contribution in [0.3, 0.4) is 0 Å². The molecule has 0 aliphatic rings. The van der Waals surface area contributed by atoms with Crippen LogP contribution >= 0.6 is 11.6 Å². The lowest BCUT2D eigenvalue weighted by molar-refractivity contribution is 0.0937. The molecule has 0 saturated heterocycles. The molecule has 1 N–H and O–H groups in total. The van der Waals surface area contributed by atoms with E-state index in [4.69, 9.17) is 16.3 Å². The van der Waals surface area contributed by atoms with Crippen LogP contribution in [0.5, 0.6) is 0 Å². The maximum absolute atomic E-state index is 12.7. The molecule has 0 unspecified atom stereocenters. The Kier molecular flexibility index (Phi) is 5.11. The molecule has 0 fully saturated rings. The first kappa shape index (κ1) is 17.1. The summed E-state index contributed by atoms with van der Waals surface area (Å²) in [4.78, 5) is 29.1. The molecule has 1 amide bonds. The van der Waals surface area contributed by atoms with Crippen LogP contribution in [0.1, 0.15) is 10.4 Å². The second-order valence-electron chi connectivity index (χ2n) is 5.38. The van der Waals surface area contributed by atoms with Crippen molar-refractivity contribution in [3.05, 3.63) is 69.7 Å². The third kappa shape index (κ3) is 3.70. The molecule has 1 aromatic heterocycles. The lowest BCUT2D eigenvalue weighted by atomic mass is 10.1. The summed E-state index contributed by atoms with van der Waals surface area (Å²) in [6, 6.07) is 11.8. The number of nitrogens with zero attached hydrogens (tertiary/aromatic N) is 2. The van der Waals surface area contributed by atoms with E-state index in [1.807, 2.05) is 0 Å². The number of aromatic nitrogens is 2. The van der Waals surface area contributed by atoms with Crippen molar-refractivity contribution in [3.63, 3.8) is 0 Å². The predicted octanol–water partition coefficient (Wildman–Crippen LogP) is 2.42. The number of methoxy groups -OCH3 is 1. The molecule has 6 nitrogen and oxygen atoms in total. The summed E-state index contributed by atoms with van der Waals surface area (Å²) in [5.41, 5.74) is 1.31. The number of benzene rings is 2. The maximum Gasteiger partial charge on any atom is 0.265 e. The molecular weight excluding hydrogens is 342 g/mol. The van der Waals surface area contributed by atoms with Crippen LogP contribution in [0.4, 0.5) is 0 Å². The van der Waals surface area contributed by atoms with E-state index in [-0.39, 0.29) is 11.5 Å². The minimum Gasteiger partial charge on any atom is -0.383 e. The van der Waals surface area contributed by atoms with Gasteiger partial charge in [-0.3, -0.25) is 14.2 Å². The molecule has 2 aromatic carbocycles. The molecule has 7 heteroatoms. The Morgan fingerprint density at radius 3 is 2.88 bits per heavy atom. The molecule has 0 bridgehead atoms. The van der Waals surface area contributed by atoms with E-state index in [1.165, 1.54) is 10.9 Å². The van der Waals surface area contributed by atoms with E-state index >= 15 is 0 Å². The topological polar surface area (TPSA) is 73.2 Å². The smallest absolute Gasteiger partial charge is 0.265 e. The monoisotopic (exact) mass is 357 g/mol. The van der Waals surface area contributed by atoms with Gasteiger partial charge in [-0.15, -0.1) is 0 Å². The van der Waals surface area contributed by atoms with E-state index in [0.29, 0.717) is 40.3 Å². The highest BCUT2D eigenvalue weighted by Gasteiger charge is 2.10. The van der Waals surface area contributed by atoms with Crippen LogP contribution in [-0.4, -0.2) is 35.7 Å². The van der Waals surface area contributed by atoms with Gasteiger partial charge in [-0.05, 0) is 36.4 Å². The van der Waals surface area contributed by atoms with Crippen molar-refractivity contribution < 1.29 is 9.53 Å². The average Bonchev–Trinajstić information content (AvgIpc) is 2.62. The molecule has 128 valence electrons. The van der Waals surface area contributed by atoms with Gasteiger partial charge < -0.3 is 10.1 Å². The highest BCUT2D eigenvalue weighted by molar-refractivity contribution is 6.30. The molecule has 3 rings (SSSR count). The van der Waals surface area contributed by atoms with Crippen LogP contribution in [0.2, 0.25) is 5.02 Å². The Labute approximate surface area is 149 Å². The lowest BCUT2D eigenvalue weighted by Gasteiger charge is -2.08. The molecule has 0 atom stereocenters. The third-order valence-corrected chi connectivity index (χ3v) is 3.93. The summed E-state index contributed by atoms with van der Waals surface area (Å²) >= 11 is 5.98. The number of carbonyl (C=O) groups excluding carboxylic acids is 1. The molecular formula is C18H16ClN3O3. The molecule has 0 spiro atoms. The predicted molar refractivity (Wildman–Crippen MR) is 96.6 cm³/mol. The molecule has 0 saturated carbocycles. The van der Waals surface area contributed by atoms with Crippen LogP contribution < -0.4 is 10.9 Å². The van der Waals surface area contributed by atoms with E-state index in [2.05, 4.69) is 10.3 Å². The van der Waals surface area contributed by atoms with Crippen molar-refractivity contribution in [2.45, 2.75) is 0 Å². The standard InChI is InChI=1S/C18H16ClN3O3/c1-25-8-7-20-17(23)12-5-6-15-16(9-12)21-11-22(18(15)24)14-4-2-3-13(19)10-14/h2-6,9-11H,7-8H2,1H3,(H,20,23). The van der Waals surface area contributed by atoms with E-state index in [0.717, 1.165) is 0 Å². The fourth-order valence-electron chi connectivity index (χ4n) is 2.44. The Morgan fingerprint density at radius 1 is 1.28 bits per heavy atom. The number of carbonyl (C=O) groups is 1. The van der Waals surface area contributed by atoms with Gasteiger partial charge in [0.05, 0.1) is 23.2 Å². The van der Waals surface area contributed by atoms with Crippen molar-refractivity contribution in [3.8, 4) is 5.69 Å². The number of ether oxygens (including phenoxy) is 1. The average molecular weight is 358 g/mol. The summed E-state index contributed by atoms with van der Waals surface area (Å²) in [6.45, 7) is 0.846. The number of fused-ring (bicyclic) bond motifs is 1.